The van der Waals surface area contributed by atoms with Crippen LogP contribution in [0.1, 0.15) is 69.3 Å². The molecule has 3 aliphatic rings. The molecule has 0 radical (unpaired) electrons. The van der Waals surface area contributed by atoms with E-state index in [2.05, 4.69) is 24.1 Å². The lowest BCUT2D eigenvalue weighted by Gasteiger charge is -2.35. The normalized spacial score (nSPS) is 22.1. The zero-order valence-electron chi connectivity index (χ0n) is 18.3. The molecule has 0 spiro atoms. The summed E-state index contributed by atoms with van der Waals surface area (Å²) in [5.41, 5.74) is 1.61. The van der Waals surface area contributed by atoms with E-state index in [1.165, 1.54) is 11.0 Å². The van der Waals surface area contributed by atoms with Crippen LogP contribution in [0, 0.1) is 17.7 Å². The molecule has 4 rings (SSSR count). The second kappa shape index (κ2) is 9.14. The van der Waals surface area contributed by atoms with Crippen molar-refractivity contribution in [3.63, 3.8) is 0 Å². The van der Waals surface area contributed by atoms with Gasteiger partial charge in [0.15, 0.2) is 0 Å². The van der Waals surface area contributed by atoms with Crippen LogP contribution in [0.2, 0.25) is 0 Å². The molecule has 0 bridgehead atoms. The molecule has 30 heavy (non-hydrogen) atoms. The number of nitrogens with one attached hydrogen (secondary N) is 1. The van der Waals surface area contributed by atoms with Gasteiger partial charge in [-0.3, -0.25) is 19.7 Å². The summed E-state index contributed by atoms with van der Waals surface area (Å²) >= 11 is 0. The van der Waals surface area contributed by atoms with Crippen molar-refractivity contribution in [2.45, 2.75) is 66.0 Å². The van der Waals surface area contributed by atoms with Crippen molar-refractivity contribution in [2.24, 2.45) is 11.8 Å². The highest BCUT2D eigenvalue weighted by molar-refractivity contribution is 6.05. The maximum absolute atomic E-state index is 14.8. The predicted octanol–water partition coefficient (Wildman–Crippen LogP) is 3.49. The van der Waals surface area contributed by atoms with Gasteiger partial charge in [-0.1, -0.05) is 27.7 Å². The lowest BCUT2D eigenvalue weighted by Crippen LogP contribution is -2.52. The minimum absolute atomic E-state index is 0.209. The fourth-order valence-electron chi connectivity index (χ4n) is 4.63. The number of rotatable bonds is 3. The van der Waals surface area contributed by atoms with Crippen LogP contribution in [0.4, 0.5) is 10.1 Å². The minimum atomic E-state index is -0.675. The molecule has 6 nitrogen and oxygen atoms in total. The standard InChI is InChI=1S/C21H26FN3O3.C2H6/c1-12(2)13-5-7-24(8-6-13)18-9-14-11-25(21(28)15(14)10-16(18)22)17-3-4-19(26)23-20(17)27;1-2/h9-10,12-13,17H,3-8,11H2,1-2H3,(H,23,26,27);1-2H3. The van der Waals surface area contributed by atoms with Crippen molar-refractivity contribution in [1.82, 2.24) is 10.2 Å². The quantitative estimate of drug-likeness (QED) is 0.765. The Morgan fingerprint density at radius 2 is 1.73 bits per heavy atom. The first kappa shape index (κ1) is 22.2. The second-order valence-corrected chi connectivity index (χ2v) is 8.43. The zero-order chi connectivity index (χ0) is 22.0. The SMILES string of the molecule is CC.CC(C)C1CCN(c2cc3c(cc2F)C(=O)N(C2CCC(=O)NC2=O)C3)CC1. The third-order valence-electron chi connectivity index (χ3n) is 6.41. The molecule has 1 N–H and O–H groups in total. The van der Waals surface area contributed by atoms with Crippen molar-refractivity contribution >= 4 is 23.4 Å². The van der Waals surface area contributed by atoms with Crippen molar-refractivity contribution in [2.75, 3.05) is 18.0 Å². The third kappa shape index (κ3) is 4.20. The number of halogens is 1. The third-order valence-corrected chi connectivity index (χ3v) is 6.41. The van der Waals surface area contributed by atoms with Gasteiger partial charge in [0.05, 0.1) is 5.69 Å². The van der Waals surface area contributed by atoms with E-state index in [4.69, 9.17) is 0 Å². The average molecular weight is 418 g/mol. The number of piperidine rings is 2. The first-order valence-corrected chi connectivity index (χ1v) is 11.1. The van der Waals surface area contributed by atoms with Crippen LogP contribution < -0.4 is 10.2 Å². The van der Waals surface area contributed by atoms with Crippen LogP contribution in [0.5, 0.6) is 0 Å². The molecule has 1 aromatic carbocycles. The Balaban J connectivity index is 0.00000124. The highest BCUT2D eigenvalue weighted by Gasteiger charge is 2.40. The van der Waals surface area contributed by atoms with Gasteiger partial charge in [-0.25, -0.2) is 4.39 Å². The summed E-state index contributed by atoms with van der Waals surface area (Å²) in [6.07, 6.45) is 2.59. The molecule has 2 fully saturated rings. The summed E-state index contributed by atoms with van der Waals surface area (Å²) in [7, 11) is 0. The number of fused-ring (bicyclic) bond motifs is 1. The van der Waals surface area contributed by atoms with Crippen LogP contribution in [0.3, 0.4) is 0 Å². The molecule has 0 aromatic heterocycles. The summed E-state index contributed by atoms with van der Waals surface area (Å²) in [4.78, 5) is 39.8. The number of anilines is 1. The zero-order valence-corrected chi connectivity index (χ0v) is 18.3. The molecule has 1 atom stereocenters. The number of hydrogen-bond donors (Lipinski definition) is 1. The van der Waals surface area contributed by atoms with E-state index in [0.717, 1.165) is 31.5 Å². The summed E-state index contributed by atoms with van der Waals surface area (Å²) < 4.78 is 14.8. The predicted molar refractivity (Wildman–Crippen MR) is 114 cm³/mol. The van der Waals surface area contributed by atoms with Crippen LogP contribution in [-0.4, -0.2) is 41.8 Å². The van der Waals surface area contributed by atoms with E-state index in [1.807, 2.05) is 13.8 Å². The lowest BCUT2D eigenvalue weighted by molar-refractivity contribution is -0.136. The Morgan fingerprint density at radius 1 is 1.07 bits per heavy atom. The Morgan fingerprint density at radius 3 is 2.33 bits per heavy atom. The molecule has 3 heterocycles. The van der Waals surface area contributed by atoms with E-state index in [0.29, 0.717) is 29.5 Å². The molecule has 3 amide bonds. The maximum Gasteiger partial charge on any atom is 0.255 e. The first-order valence-electron chi connectivity index (χ1n) is 11.1. The maximum atomic E-state index is 14.8. The van der Waals surface area contributed by atoms with Gasteiger partial charge in [-0.05, 0) is 48.8 Å². The fraction of sp³-hybridized carbons (Fsp3) is 0.609. The number of carbonyl (C=O) groups excluding carboxylic acids is 3. The van der Waals surface area contributed by atoms with E-state index < -0.39 is 11.9 Å². The van der Waals surface area contributed by atoms with E-state index in [1.54, 1.807) is 6.07 Å². The number of carbonyl (C=O) groups is 3. The number of hydrogen-bond acceptors (Lipinski definition) is 4. The van der Waals surface area contributed by atoms with Gasteiger partial charge in [-0.15, -0.1) is 0 Å². The molecular weight excluding hydrogens is 385 g/mol. The fourth-order valence-corrected chi connectivity index (χ4v) is 4.63. The number of imide groups is 1. The smallest absolute Gasteiger partial charge is 0.255 e. The van der Waals surface area contributed by atoms with Gasteiger partial charge in [0, 0.05) is 31.6 Å². The number of nitrogens with zero attached hydrogens (tertiary/aromatic N) is 2. The van der Waals surface area contributed by atoms with Gasteiger partial charge < -0.3 is 9.80 Å². The van der Waals surface area contributed by atoms with Gasteiger partial charge in [0.25, 0.3) is 5.91 Å². The molecule has 2 saturated heterocycles. The summed E-state index contributed by atoms with van der Waals surface area (Å²) in [5, 5.41) is 2.29. The first-order chi connectivity index (χ1) is 14.3. The van der Waals surface area contributed by atoms with Gasteiger partial charge in [-0.2, -0.15) is 0 Å². The Labute approximate surface area is 177 Å². The van der Waals surface area contributed by atoms with Crippen molar-refractivity contribution in [3.8, 4) is 0 Å². The van der Waals surface area contributed by atoms with Crippen molar-refractivity contribution < 1.29 is 18.8 Å². The molecule has 7 heteroatoms. The van der Waals surface area contributed by atoms with Gasteiger partial charge >= 0.3 is 0 Å². The number of amides is 3. The summed E-state index contributed by atoms with van der Waals surface area (Å²) in [6.45, 7) is 10.3. The molecule has 1 aromatic rings. The monoisotopic (exact) mass is 417 g/mol. The highest BCUT2D eigenvalue weighted by atomic mass is 19.1. The van der Waals surface area contributed by atoms with Crippen LogP contribution in [0.15, 0.2) is 12.1 Å². The van der Waals surface area contributed by atoms with Crippen LogP contribution >= 0.6 is 0 Å². The Kier molecular flexibility index (Phi) is 6.78. The highest BCUT2D eigenvalue weighted by Crippen LogP contribution is 2.34. The minimum Gasteiger partial charge on any atom is -0.369 e. The lowest BCUT2D eigenvalue weighted by atomic mass is 9.86. The molecular formula is C23H32FN3O3. The Bertz CT molecular complexity index is 831. The van der Waals surface area contributed by atoms with Crippen LogP contribution in [0.25, 0.3) is 0 Å². The second-order valence-electron chi connectivity index (χ2n) is 8.43. The number of benzene rings is 1. The molecule has 3 aliphatic heterocycles. The molecule has 164 valence electrons. The summed E-state index contributed by atoms with van der Waals surface area (Å²) in [6, 6.07) is 2.41. The summed E-state index contributed by atoms with van der Waals surface area (Å²) in [5.74, 6) is -0.198. The topological polar surface area (TPSA) is 69.7 Å². The van der Waals surface area contributed by atoms with Crippen LogP contribution in [-0.2, 0) is 16.1 Å². The van der Waals surface area contributed by atoms with Crippen molar-refractivity contribution in [3.05, 3.63) is 29.1 Å². The largest absolute Gasteiger partial charge is 0.369 e. The van der Waals surface area contributed by atoms with Gasteiger partial charge in [0.2, 0.25) is 11.8 Å². The molecule has 0 aliphatic carbocycles. The van der Waals surface area contributed by atoms with E-state index in [9.17, 15) is 18.8 Å². The molecule has 0 saturated carbocycles. The van der Waals surface area contributed by atoms with Crippen molar-refractivity contribution in [1.29, 1.82) is 0 Å². The van der Waals surface area contributed by atoms with E-state index in [-0.39, 0.29) is 30.6 Å². The van der Waals surface area contributed by atoms with Gasteiger partial charge in [0.1, 0.15) is 11.9 Å². The molecule has 1 unspecified atom stereocenters. The average Bonchev–Trinajstić information content (AvgIpc) is 3.04. The van der Waals surface area contributed by atoms with E-state index >= 15 is 0 Å². The Hall–Kier alpha value is -2.44.